The molecule has 0 amide bonds. The van der Waals surface area contributed by atoms with Gasteiger partial charge in [-0.3, -0.25) is 18.6 Å². The number of quaternary nitrogens is 1. The first-order valence-corrected chi connectivity index (χ1v) is 41.3. The van der Waals surface area contributed by atoms with Gasteiger partial charge in [0.05, 0.1) is 27.7 Å². The highest BCUT2D eigenvalue weighted by atomic mass is 31.2. The number of carbonyl (C=O) groups excluding carboxylic acids is 2. The summed E-state index contributed by atoms with van der Waals surface area (Å²) in [4.78, 5) is 36.0. The molecule has 1 N–H and O–H groups in total. The molecule has 9 nitrogen and oxygen atoms in total. The van der Waals surface area contributed by atoms with Crippen LogP contribution in [0.25, 0.3) is 0 Å². The Bertz CT molecular complexity index is 2630. The summed E-state index contributed by atoms with van der Waals surface area (Å²) in [6.07, 6.45) is 129. The Kier molecular flexibility index (Phi) is 74.1. The molecule has 0 aromatic carbocycles. The minimum Gasteiger partial charge on any atom is -0.462 e. The molecule has 0 radical (unpaired) electrons. The van der Waals surface area contributed by atoms with E-state index in [0.29, 0.717) is 17.4 Å². The molecule has 0 heterocycles. The summed E-state index contributed by atoms with van der Waals surface area (Å²) >= 11 is 0. The topological polar surface area (TPSA) is 108 Å². The number of unbranched alkanes of at least 4 members (excludes halogenated alkanes) is 16. The maximum Gasteiger partial charge on any atom is 0.472 e. The lowest BCUT2D eigenvalue weighted by molar-refractivity contribution is -0.870. The van der Waals surface area contributed by atoms with Crippen molar-refractivity contribution in [1.29, 1.82) is 0 Å². The summed E-state index contributed by atoms with van der Waals surface area (Å²) in [6, 6.07) is 0. The van der Waals surface area contributed by atoms with E-state index in [4.69, 9.17) is 18.5 Å². The molecule has 0 rings (SSSR count). The Morgan fingerprint density at radius 3 is 0.804 bits per heavy atom. The molecule has 0 aromatic heterocycles. The molecule has 0 aliphatic heterocycles. The van der Waals surface area contributed by atoms with Gasteiger partial charge < -0.3 is 18.9 Å². The smallest absolute Gasteiger partial charge is 0.462 e. The van der Waals surface area contributed by atoms with Crippen LogP contribution >= 0.6 is 7.82 Å². The molecule has 102 heavy (non-hydrogen) atoms. The fourth-order valence-electron chi connectivity index (χ4n) is 9.90. The number of allylic oxidation sites excluding steroid dienone is 40. The maximum atomic E-state index is 12.9. The quantitative estimate of drug-likeness (QED) is 0.0211. The molecule has 0 fully saturated rings. The van der Waals surface area contributed by atoms with Crippen LogP contribution in [0.3, 0.4) is 0 Å². The molecule has 0 spiro atoms. The predicted molar refractivity (Wildman–Crippen MR) is 444 cm³/mol. The molecule has 0 aliphatic carbocycles. The Hall–Kier alpha value is -6.19. The van der Waals surface area contributed by atoms with Crippen LogP contribution in [0.15, 0.2) is 243 Å². The number of hydrogen-bond acceptors (Lipinski definition) is 7. The molecule has 0 bridgehead atoms. The minimum atomic E-state index is -4.43. The average molecular weight is 1420 g/mol. The zero-order chi connectivity index (χ0) is 74.0. The van der Waals surface area contributed by atoms with Crippen LogP contribution in [0.4, 0.5) is 0 Å². The summed E-state index contributed by atoms with van der Waals surface area (Å²) < 4.78 is 34.7. The van der Waals surface area contributed by atoms with E-state index in [0.717, 1.165) is 167 Å². The number of rotatable bonds is 70. The fourth-order valence-corrected chi connectivity index (χ4v) is 10.6. The second-order valence-corrected chi connectivity index (χ2v) is 28.1. The number of nitrogens with zero attached hydrogens (tertiary/aromatic N) is 1. The molecule has 0 saturated heterocycles. The van der Waals surface area contributed by atoms with Crippen LogP contribution in [-0.4, -0.2) is 74.9 Å². The summed E-state index contributed by atoms with van der Waals surface area (Å²) in [5, 5.41) is 0. The molecule has 0 saturated carbocycles. The Balaban J connectivity index is 4.16. The van der Waals surface area contributed by atoms with Crippen molar-refractivity contribution in [2.24, 2.45) is 0 Å². The van der Waals surface area contributed by atoms with E-state index in [2.05, 4.69) is 257 Å². The zero-order valence-electron chi connectivity index (χ0n) is 65.0. The van der Waals surface area contributed by atoms with Gasteiger partial charge in [-0.05, 0) is 167 Å². The van der Waals surface area contributed by atoms with Crippen LogP contribution in [0.5, 0.6) is 0 Å². The molecule has 0 aliphatic rings. The number of esters is 2. The normalized spacial score (nSPS) is 14.4. The first-order chi connectivity index (χ1) is 50.0. The highest BCUT2D eigenvalue weighted by molar-refractivity contribution is 7.47. The fraction of sp³-hybridized carbons (Fsp3) is 0.543. The van der Waals surface area contributed by atoms with Crippen molar-refractivity contribution < 1.29 is 42.1 Å². The zero-order valence-corrected chi connectivity index (χ0v) is 65.9. The van der Waals surface area contributed by atoms with Crippen LogP contribution in [0, 0.1) is 0 Å². The second kappa shape index (κ2) is 78.9. The van der Waals surface area contributed by atoms with Crippen LogP contribution < -0.4 is 0 Å². The van der Waals surface area contributed by atoms with Crippen molar-refractivity contribution in [3.8, 4) is 0 Å². The lowest BCUT2D eigenvalue weighted by Crippen LogP contribution is -2.37. The maximum absolute atomic E-state index is 12.9. The van der Waals surface area contributed by atoms with E-state index in [1.165, 1.54) is 70.6 Å². The van der Waals surface area contributed by atoms with Crippen LogP contribution in [0.1, 0.15) is 271 Å². The van der Waals surface area contributed by atoms with Crippen molar-refractivity contribution in [2.45, 2.75) is 277 Å². The van der Waals surface area contributed by atoms with Gasteiger partial charge in [0.1, 0.15) is 19.8 Å². The second-order valence-electron chi connectivity index (χ2n) is 26.6. The molecule has 2 unspecified atom stereocenters. The Labute approximate surface area is 625 Å². The van der Waals surface area contributed by atoms with Gasteiger partial charge in [0.25, 0.3) is 0 Å². The number of phosphoric ester groups is 1. The van der Waals surface area contributed by atoms with E-state index < -0.39 is 26.5 Å². The average Bonchev–Trinajstić information content (AvgIpc) is 0.914. The molecule has 10 heteroatoms. The number of phosphoric acid groups is 1. The van der Waals surface area contributed by atoms with Gasteiger partial charge >= 0.3 is 19.8 Å². The van der Waals surface area contributed by atoms with Crippen molar-refractivity contribution >= 4 is 19.8 Å². The van der Waals surface area contributed by atoms with E-state index in [-0.39, 0.29) is 32.0 Å². The van der Waals surface area contributed by atoms with Gasteiger partial charge in [0.15, 0.2) is 6.10 Å². The van der Waals surface area contributed by atoms with Gasteiger partial charge in [-0.1, -0.05) is 334 Å². The lowest BCUT2D eigenvalue weighted by atomic mass is 10.0. The highest BCUT2D eigenvalue weighted by Gasteiger charge is 2.27. The number of ether oxygens (including phenoxy) is 2. The SMILES string of the molecule is CC/C=C\C/C=C\C/C=C\C/C=C\C/C=C\C/C=C\C/C=C\C/C=C\C/C=C\C/C=C\C/C=C\C/C=C\CCCCC(=O)OC(COC(=O)CCCCCCCCCCCCCCCC/C=C\C/C=C\C/C=C\C/C=C\C/C=C\C/C=C\C/C=C\C/C=C\CC)COP(=O)(O)OCC[N+](C)(C)C. The van der Waals surface area contributed by atoms with E-state index >= 15 is 0 Å². The van der Waals surface area contributed by atoms with Crippen molar-refractivity contribution in [2.75, 3.05) is 47.5 Å². The predicted octanol–water partition coefficient (Wildman–Crippen LogP) is 27.0. The van der Waals surface area contributed by atoms with E-state index in [9.17, 15) is 19.0 Å². The third-order valence-corrected chi connectivity index (χ3v) is 16.9. The summed E-state index contributed by atoms with van der Waals surface area (Å²) in [6.45, 7) is 4.13. The summed E-state index contributed by atoms with van der Waals surface area (Å²) in [5.74, 6) is -0.864. The number of carbonyl (C=O) groups is 2. The van der Waals surface area contributed by atoms with Crippen molar-refractivity contribution in [1.82, 2.24) is 0 Å². The third-order valence-electron chi connectivity index (χ3n) is 15.9. The number of hydrogen-bond donors (Lipinski definition) is 1. The first kappa shape index (κ1) is 95.8. The van der Waals surface area contributed by atoms with Gasteiger partial charge in [-0.25, -0.2) is 4.57 Å². The van der Waals surface area contributed by atoms with Gasteiger partial charge in [-0.15, -0.1) is 0 Å². The molecular formula is C92H145NO8P+. The third kappa shape index (κ3) is 82.8. The summed E-state index contributed by atoms with van der Waals surface area (Å²) in [7, 11) is 1.42. The van der Waals surface area contributed by atoms with Gasteiger partial charge in [0, 0.05) is 12.8 Å². The summed E-state index contributed by atoms with van der Waals surface area (Å²) in [5.41, 5.74) is 0. The Morgan fingerprint density at radius 1 is 0.304 bits per heavy atom. The van der Waals surface area contributed by atoms with E-state index in [1.54, 1.807) is 0 Å². The minimum absolute atomic E-state index is 0.0107. The molecule has 2 atom stereocenters. The van der Waals surface area contributed by atoms with Gasteiger partial charge in [-0.2, -0.15) is 0 Å². The standard InChI is InChI=1S/C92H144NO8P/c1-6-8-10-12-14-16-18-20-22-24-26-28-30-32-34-36-38-40-42-44-46-48-50-52-54-56-58-60-62-64-66-68-70-72-74-76-78-80-82-84-91(94)98-88-90(89-100-102(96,97)99-87-86-93(3,4)5)101-92(95)85-83-81-79-77-75-73-71-69-67-65-63-61-59-57-55-53-51-49-47-45-43-41-39-37-35-33-31-29-27-25-23-21-19-17-15-13-11-9-7-2/h8-11,14-17,20-23,26-29,32-35,38-41,44-47,50-53,57,59,63,65,69,71,75,77,90H,6-7,12-13,18-19,24-25,30-31,36-37,42-43,48-49,54-56,58,60-62,64,66-68,70,72-74,76,78-89H2,1-5H3/p+1/b10-8-,11-9-,16-14-,17-15-,22-20-,23-21-,28-26-,29-27-,34-32-,35-33-,40-38-,41-39-,46-44-,47-45-,52-50-,53-51-,59-57-,65-63-,71-69-,77-75-. The Morgan fingerprint density at radius 2 is 0.529 bits per heavy atom. The van der Waals surface area contributed by atoms with Gasteiger partial charge in [0.2, 0.25) is 0 Å². The largest absolute Gasteiger partial charge is 0.472 e. The van der Waals surface area contributed by atoms with Crippen molar-refractivity contribution in [3.63, 3.8) is 0 Å². The monoisotopic (exact) mass is 1420 g/mol. The molecular weight excluding hydrogens is 1280 g/mol. The first-order valence-electron chi connectivity index (χ1n) is 39.8. The molecule has 0 aromatic rings. The van der Waals surface area contributed by atoms with Crippen LogP contribution in [-0.2, 0) is 32.7 Å². The highest BCUT2D eigenvalue weighted by Crippen LogP contribution is 2.43. The van der Waals surface area contributed by atoms with Crippen molar-refractivity contribution in [3.05, 3.63) is 243 Å². The number of likely N-dealkylation sites (N-methyl/N-ethyl adjacent to an activating group) is 1. The lowest BCUT2D eigenvalue weighted by Gasteiger charge is -2.24. The molecule has 570 valence electrons. The van der Waals surface area contributed by atoms with Crippen LogP contribution in [0.2, 0.25) is 0 Å². The van der Waals surface area contributed by atoms with E-state index in [1.807, 2.05) is 21.1 Å².